The maximum Gasteiger partial charge on any atom is 0.417 e. The van der Waals surface area contributed by atoms with Gasteiger partial charge in [0.2, 0.25) is 5.88 Å². The van der Waals surface area contributed by atoms with Crippen molar-refractivity contribution in [1.29, 1.82) is 0 Å². The number of alkyl halides is 3. The highest BCUT2D eigenvalue weighted by molar-refractivity contribution is 5.69. The molecule has 3 rings (SSSR count). The van der Waals surface area contributed by atoms with Crippen molar-refractivity contribution in [2.24, 2.45) is 11.8 Å². The summed E-state index contributed by atoms with van der Waals surface area (Å²) in [6.45, 7) is 6.25. The molecular weight excluding hydrogens is 349 g/mol. The third kappa shape index (κ3) is 4.59. The van der Waals surface area contributed by atoms with Crippen molar-refractivity contribution in [3.05, 3.63) is 23.9 Å². The van der Waals surface area contributed by atoms with E-state index in [1.807, 2.05) is 20.8 Å². The summed E-state index contributed by atoms with van der Waals surface area (Å²) in [5.41, 5.74) is -1.41. The van der Waals surface area contributed by atoms with Gasteiger partial charge in [0.25, 0.3) is 0 Å². The summed E-state index contributed by atoms with van der Waals surface area (Å²) in [6.07, 6.45) is -2.15. The number of hydrogen-bond acceptors (Lipinski definition) is 4. The Morgan fingerprint density at radius 3 is 2.54 bits per heavy atom. The van der Waals surface area contributed by atoms with Gasteiger partial charge in [-0.15, -0.1) is 0 Å². The van der Waals surface area contributed by atoms with Gasteiger partial charge < -0.3 is 14.4 Å². The lowest BCUT2D eigenvalue weighted by Crippen LogP contribution is -2.49. The minimum atomic E-state index is -4.43. The van der Waals surface area contributed by atoms with Gasteiger partial charge in [0.05, 0.1) is 11.6 Å². The van der Waals surface area contributed by atoms with Gasteiger partial charge in [-0.1, -0.05) is 0 Å². The number of carbonyl (C=O) groups is 1. The second-order valence-corrected chi connectivity index (χ2v) is 7.97. The van der Waals surface area contributed by atoms with E-state index in [1.165, 1.54) is 6.07 Å². The second kappa shape index (κ2) is 6.63. The third-order valence-corrected chi connectivity index (χ3v) is 4.63. The minimum Gasteiger partial charge on any atom is -0.475 e. The number of hydrogen-bond donors (Lipinski definition) is 0. The van der Waals surface area contributed by atoms with Gasteiger partial charge in [0.1, 0.15) is 12.2 Å². The number of fused-ring (bicyclic) bond motifs is 1. The summed E-state index contributed by atoms with van der Waals surface area (Å²) in [6, 6.07) is 1.97. The standard InChI is InChI=1S/C18H23F3N2O3/c1-17(2,3)26-16(24)23-9-12-6-11(12)7-14(23)10-25-15-5-4-13(8-22-15)18(19,20)21/h4-5,8,11-12,14H,6-7,9-10H2,1-3H3/t11?,12-,14-/m0/s1. The second-order valence-electron chi connectivity index (χ2n) is 7.97. The summed E-state index contributed by atoms with van der Waals surface area (Å²) in [4.78, 5) is 17.9. The Morgan fingerprint density at radius 1 is 1.23 bits per heavy atom. The zero-order valence-corrected chi connectivity index (χ0v) is 15.0. The van der Waals surface area contributed by atoms with Gasteiger partial charge in [-0.05, 0) is 51.5 Å². The maximum absolute atomic E-state index is 12.6. The average molecular weight is 372 g/mol. The number of aromatic nitrogens is 1. The number of likely N-dealkylation sites (tertiary alicyclic amines) is 1. The van der Waals surface area contributed by atoms with Crippen LogP contribution in [-0.2, 0) is 10.9 Å². The van der Waals surface area contributed by atoms with Crippen LogP contribution >= 0.6 is 0 Å². The fraction of sp³-hybridized carbons (Fsp3) is 0.667. The first-order valence-corrected chi connectivity index (χ1v) is 8.68. The molecule has 144 valence electrons. The Kier molecular flexibility index (Phi) is 4.79. The van der Waals surface area contributed by atoms with E-state index in [-0.39, 0.29) is 24.6 Å². The van der Waals surface area contributed by atoms with Gasteiger partial charge in [-0.2, -0.15) is 13.2 Å². The van der Waals surface area contributed by atoms with Gasteiger partial charge in [-0.25, -0.2) is 9.78 Å². The lowest BCUT2D eigenvalue weighted by Gasteiger charge is -2.36. The monoisotopic (exact) mass is 372 g/mol. The molecule has 1 saturated heterocycles. The first kappa shape index (κ1) is 18.8. The highest BCUT2D eigenvalue weighted by Crippen LogP contribution is 2.47. The molecule has 1 amide bonds. The molecule has 2 fully saturated rings. The zero-order valence-electron chi connectivity index (χ0n) is 15.0. The topological polar surface area (TPSA) is 51.7 Å². The predicted molar refractivity (Wildman–Crippen MR) is 87.7 cm³/mol. The van der Waals surface area contributed by atoms with Crippen LogP contribution in [0.3, 0.4) is 0 Å². The molecule has 1 aromatic rings. The van der Waals surface area contributed by atoms with Crippen molar-refractivity contribution in [2.75, 3.05) is 13.2 Å². The summed E-state index contributed by atoms with van der Waals surface area (Å²) < 4.78 is 48.8. The van der Waals surface area contributed by atoms with E-state index in [0.29, 0.717) is 18.4 Å². The summed E-state index contributed by atoms with van der Waals surface area (Å²) in [5, 5.41) is 0. The number of nitrogens with zero attached hydrogens (tertiary/aromatic N) is 2. The van der Waals surface area contributed by atoms with Crippen molar-refractivity contribution < 1.29 is 27.4 Å². The molecule has 2 heterocycles. The van der Waals surface area contributed by atoms with Gasteiger partial charge in [0, 0.05) is 18.8 Å². The highest BCUT2D eigenvalue weighted by Gasteiger charge is 2.48. The first-order chi connectivity index (χ1) is 12.0. The van der Waals surface area contributed by atoms with E-state index in [0.717, 1.165) is 25.1 Å². The largest absolute Gasteiger partial charge is 0.475 e. The first-order valence-electron chi connectivity index (χ1n) is 8.68. The van der Waals surface area contributed by atoms with Crippen molar-refractivity contribution in [3.63, 3.8) is 0 Å². The fourth-order valence-electron chi connectivity index (χ4n) is 3.22. The van der Waals surface area contributed by atoms with E-state index in [4.69, 9.17) is 9.47 Å². The maximum atomic E-state index is 12.6. The molecule has 0 N–H and O–H groups in total. The Morgan fingerprint density at radius 2 is 1.96 bits per heavy atom. The Labute approximate surface area is 150 Å². The molecule has 1 saturated carbocycles. The van der Waals surface area contributed by atoms with Crippen molar-refractivity contribution in [1.82, 2.24) is 9.88 Å². The molecule has 3 atom stereocenters. The van der Waals surface area contributed by atoms with Crippen molar-refractivity contribution >= 4 is 6.09 Å². The van der Waals surface area contributed by atoms with Crippen LogP contribution in [-0.4, -0.2) is 40.8 Å². The number of ether oxygens (including phenoxy) is 2. The summed E-state index contributed by atoms with van der Waals surface area (Å²) in [5.74, 6) is 1.21. The smallest absolute Gasteiger partial charge is 0.417 e. The summed E-state index contributed by atoms with van der Waals surface area (Å²) in [7, 11) is 0. The molecule has 5 nitrogen and oxygen atoms in total. The SMILES string of the molecule is CC(C)(C)OC(=O)N1C[C@@H]2CC2C[C@H]1COc1ccc(C(F)(F)F)cn1. The van der Waals surface area contributed by atoms with Crippen LogP contribution in [0.4, 0.5) is 18.0 Å². The highest BCUT2D eigenvalue weighted by atomic mass is 19.4. The van der Waals surface area contributed by atoms with Crippen molar-refractivity contribution in [2.45, 2.75) is 51.4 Å². The van der Waals surface area contributed by atoms with Gasteiger partial charge in [0.15, 0.2) is 0 Å². The molecule has 1 unspecified atom stereocenters. The Balaban J connectivity index is 1.62. The number of amides is 1. The number of carbonyl (C=O) groups excluding carboxylic acids is 1. The molecule has 1 aliphatic heterocycles. The molecule has 0 bridgehead atoms. The molecule has 0 radical (unpaired) electrons. The minimum absolute atomic E-state index is 0.111. The van der Waals surface area contributed by atoms with E-state index < -0.39 is 17.3 Å². The zero-order chi connectivity index (χ0) is 19.1. The third-order valence-electron chi connectivity index (χ3n) is 4.63. The molecule has 0 aromatic carbocycles. The molecular formula is C18H23F3N2O3. The van der Waals surface area contributed by atoms with Crippen LogP contribution in [0.2, 0.25) is 0 Å². The Bertz CT molecular complexity index is 655. The average Bonchev–Trinajstić information content (AvgIpc) is 3.28. The van der Waals surface area contributed by atoms with E-state index in [1.54, 1.807) is 4.90 Å². The van der Waals surface area contributed by atoms with Crippen LogP contribution in [0.5, 0.6) is 5.88 Å². The quantitative estimate of drug-likeness (QED) is 0.801. The lowest BCUT2D eigenvalue weighted by molar-refractivity contribution is -0.137. The molecule has 8 heteroatoms. The van der Waals surface area contributed by atoms with Gasteiger partial charge in [-0.3, -0.25) is 0 Å². The van der Waals surface area contributed by atoms with Crippen LogP contribution in [0.15, 0.2) is 18.3 Å². The van der Waals surface area contributed by atoms with Crippen LogP contribution in [0.25, 0.3) is 0 Å². The number of halogens is 3. The number of rotatable bonds is 3. The van der Waals surface area contributed by atoms with Crippen LogP contribution in [0.1, 0.15) is 39.2 Å². The van der Waals surface area contributed by atoms with Gasteiger partial charge >= 0.3 is 12.3 Å². The van der Waals surface area contributed by atoms with Crippen molar-refractivity contribution in [3.8, 4) is 5.88 Å². The molecule has 26 heavy (non-hydrogen) atoms. The fourth-order valence-corrected chi connectivity index (χ4v) is 3.22. The number of pyridine rings is 1. The van der Waals surface area contributed by atoms with E-state index in [2.05, 4.69) is 4.98 Å². The normalized spacial score (nSPS) is 25.5. The Hall–Kier alpha value is -1.99. The summed E-state index contributed by atoms with van der Waals surface area (Å²) >= 11 is 0. The lowest BCUT2D eigenvalue weighted by atomic mass is 10.0. The number of piperidine rings is 1. The molecule has 1 aliphatic carbocycles. The van der Waals surface area contributed by atoms with Crippen LogP contribution < -0.4 is 4.74 Å². The molecule has 2 aliphatic rings. The van der Waals surface area contributed by atoms with E-state index >= 15 is 0 Å². The molecule has 1 aromatic heterocycles. The van der Waals surface area contributed by atoms with Crippen LogP contribution in [0, 0.1) is 11.8 Å². The predicted octanol–water partition coefficient (Wildman–Crippen LogP) is 4.12. The molecule has 0 spiro atoms. The van der Waals surface area contributed by atoms with E-state index in [9.17, 15) is 18.0 Å².